The molecule has 0 aromatic heterocycles. The van der Waals surface area contributed by atoms with E-state index < -0.39 is 24.1 Å². The molecule has 0 fully saturated rings. The van der Waals surface area contributed by atoms with Crippen molar-refractivity contribution in [3.05, 3.63) is 93.2 Å². The zero-order valence-corrected chi connectivity index (χ0v) is 19.0. The van der Waals surface area contributed by atoms with Gasteiger partial charge < -0.3 is 10.1 Å². The molecule has 0 unspecified atom stereocenters. The van der Waals surface area contributed by atoms with Gasteiger partial charge in [0.1, 0.15) is 24.6 Å². The van der Waals surface area contributed by atoms with Crippen LogP contribution in [0.3, 0.4) is 0 Å². The molecule has 6 nitrogen and oxygen atoms in total. The molecule has 3 aromatic rings. The minimum absolute atomic E-state index is 0.321. The maximum Gasteiger partial charge on any atom is 0.249 e. The van der Waals surface area contributed by atoms with Crippen molar-refractivity contribution >= 4 is 51.2 Å². The third-order valence-corrected chi connectivity index (χ3v) is 5.14. The number of hydrogen-bond donors (Lipinski definition) is 2. The van der Waals surface area contributed by atoms with E-state index in [1.54, 1.807) is 24.3 Å². The Morgan fingerprint density at radius 1 is 1.06 bits per heavy atom. The first-order valence-corrected chi connectivity index (χ1v) is 10.6. The zero-order chi connectivity index (χ0) is 22.9. The number of benzene rings is 3. The van der Waals surface area contributed by atoms with Crippen molar-refractivity contribution in [2.24, 2.45) is 5.10 Å². The first-order valence-electron chi connectivity index (χ1n) is 9.44. The Hall–Kier alpha value is -3.23. The van der Waals surface area contributed by atoms with E-state index >= 15 is 0 Å². The molecule has 164 valence electrons. The largest absolute Gasteiger partial charge is 0.488 e. The number of halogens is 3. The summed E-state index contributed by atoms with van der Waals surface area (Å²) < 4.78 is 19.4. The van der Waals surface area contributed by atoms with E-state index in [-0.39, 0.29) is 0 Å². The lowest BCUT2D eigenvalue weighted by atomic mass is 10.2. The minimum Gasteiger partial charge on any atom is -0.488 e. The van der Waals surface area contributed by atoms with Crippen molar-refractivity contribution < 1.29 is 18.7 Å². The number of anilines is 1. The summed E-state index contributed by atoms with van der Waals surface area (Å²) in [5, 5.41) is 6.99. The molecule has 0 bridgehead atoms. The van der Waals surface area contributed by atoms with Crippen LogP contribution in [0.2, 0.25) is 5.02 Å². The SMILES string of the molecule is O=C(CC(=O)Nc1ccc(F)cc1)NN=Cc1ccc(OCc2ccccc2Cl)c(Br)c1. The van der Waals surface area contributed by atoms with Gasteiger partial charge in [-0.15, -0.1) is 0 Å². The third-order valence-electron chi connectivity index (χ3n) is 4.15. The second-order valence-electron chi connectivity index (χ2n) is 6.59. The molecular formula is C23H18BrClFN3O3. The molecule has 32 heavy (non-hydrogen) atoms. The van der Waals surface area contributed by atoms with Crippen LogP contribution >= 0.6 is 27.5 Å². The third kappa shape index (κ3) is 7.18. The van der Waals surface area contributed by atoms with Crippen molar-refractivity contribution in [2.75, 3.05) is 5.32 Å². The fourth-order valence-corrected chi connectivity index (χ4v) is 3.29. The number of rotatable bonds is 8. The zero-order valence-electron chi connectivity index (χ0n) is 16.6. The Morgan fingerprint density at radius 2 is 1.81 bits per heavy atom. The molecule has 3 aromatic carbocycles. The number of carbonyl (C=O) groups is 2. The van der Waals surface area contributed by atoms with Crippen LogP contribution in [0.15, 0.2) is 76.3 Å². The van der Waals surface area contributed by atoms with Gasteiger partial charge in [-0.1, -0.05) is 29.8 Å². The first kappa shape index (κ1) is 23.4. The lowest BCUT2D eigenvalue weighted by molar-refractivity contribution is -0.126. The van der Waals surface area contributed by atoms with Crippen LogP contribution in [0.25, 0.3) is 0 Å². The first-order chi connectivity index (χ1) is 15.4. The standard InChI is InChI=1S/C23H18BrClFN3O3/c24-19-11-15(5-10-21(19)32-14-16-3-1-2-4-20(16)25)13-27-29-23(31)12-22(30)28-18-8-6-17(26)7-9-18/h1-11,13H,12,14H2,(H,28,30)(H,29,31). The molecule has 0 heterocycles. The van der Waals surface area contributed by atoms with Crippen molar-refractivity contribution in [2.45, 2.75) is 13.0 Å². The van der Waals surface area contributed by atoms with Gasteiger partial charge in [-0.3, -0.25) is 9.59 Å². The predicted octanol–water partition coefficient (Wildman–Crippen LogP) is 5.30. The fourth-order valence-electron chi connectivity index (χ4n) is 2.59. The van der Waals surface area contributed by atoms with E-state index in [1.165, 1.54) is 30.5 Å². The monoisotopic (exact) mass is 517 g/mol. The van der Waals surface area contributed by atoms with Crippen LogP contribution < -0.4 is 15.5 Å². The Morgan fingerprint density at radius 3 is 2.53 bits per heavy atom. The van der Waals surface area contributed by atoms with E-state index in [2.05, 4.69) is 31.8 Å². The van der Waals surface area contributed by atoms with Gasteiger partial charge in [0.2, 0.25) is 11.8 Å². The quantitative estimate of drug-likeness (QED) is 0.241. The van der Waals surface area contributed by atoms with Gasteiger partial charge >= 0.3 is 0 Å². The lowest BCUT2D eigenvalue weighted by Crippen LogP contribution is -2.24. The molecule has 3 rings (SSSR count). The summed E-state index contributed by atoms with van der Waals surface area (Å²) in [4.78, 5) is 23.7. The molecule has 0 radical (unpaired) electrons. The summed E-state index contributed by atoms with van der Waals surface area (Å²) in [6.45, 7) is 0.321. The number of hydrazone groups is 1. The van der Waals surface area contributed by atoms with Gasteiger partial charge in [-0.25, -0.2) is 9.82 Å². The maximum absolute atomic E-state index is 12.9. The van der Waals surface area contributed by atoms with E-state index in [0.717, 1.165) is 5.56 Å². The topological polar surface area (TPSA) is 79.8 Å². The highest BCUT2D eigenvalue weighted by molar-refractivity contribution is 9.10. The number of hydrogen-bond acceptors (Lipinski definition) is 4. The van der Waals surface area contributed by atoms with E-state index in [1.807, 2.05) is 18.2 Å². The summed E-state index contributed by atoms with van der Waals surface area (Å²) >= 11 is 9.58. The van der Waals surface area contributed by atoms with Gasteiger partial charge in [0.15, 0.2) is 0 Å². The summed E-state index contributed by atoms with van der Waals surface area (Å²) in [5.41, 5.74) is 4.27. The minimum atomic E-state index is -0.584. The number of amides is 2. The molecule has 0 aliphatic carbocycles. The highest BCUT2D eigenvalue weighted by Crippen LogP contribution is 2.27. The van der Waals surface area contributed by atoms with Gasteiger partial charge in [-0.05, 0) is 70.0 Å². The van der Waals surface area contributed by atoms with Crippen LogP contribution in [-0.4, -0.2) is 18.0 Å². The Kier molecular flexibility index (Phi) is 8.35. The molecule has 0 saturated heterocycles. The number of nitrogens with one attached hydrogen (secondary N) is 2. The van der Waals surface area contributed by atoms with Crippen LogP contribution in [-0.2, 0) is 16.2 Å². The second-order valence-corrected chi connectivity index (χ2v) is 7.86. The van der Waals surface area contributed by atoms with Crippen molar-refractivity contribution in [3.8, 4) is 5.75 Å². The van der Waals surface area contributed by atoms with Crippen LogP contribution in [0.1, 0.15) is 17.5 Å². The lowest BCUT2D eigenvalue weighted by Gasteiger charge is -2.10. The summed E-state index contributed by atoms with van der Waals surface area (Å²) in [7, 11) is 0. The van der Waals surface area contributed by atoms with Crippen LogP contribution in [0.4, 0.5) is 10.1 Å². The van der Waals surface area contributed by atoms with Crippen LogP contribution in [0, 0.1) is 5.82 Å². The fraction of sp³-hybridized carbons (Fsp3) is 0.0870. The molecule has 0 aliphatic heterocycles. The number of nitrogens with zero attached hydrogens (tertiary/aromatic N) is 1. The van der Waals surface area contributed by atoms with Gasteiger partial charge in [0, 0.05) is 16.3 Å². The van der Waals surface area contributed by atoms with E-state index in [0.29, 0.717) is 33.1 Å². The molecule has 9 heteroatoms. The van der Waals surface area contributed by atoms with Gasteiger partial charge in [0.25, 0.3) is 0 Å². The normalized spacial score (nSPS) is 10.7. The van der Waals surface area contributed by atoms with Gasteiger partial charge in [-0.2, -0.15) is 5.10 Å². The Bertz CT molecular complexity index is 1140. The molecule has 0 atom stereocenters. The summed E-state index contributed by atoms with van der Waals surface area (Å²) in [6.07, 6.45) is 1.02. The summed E-state index contributed by atoms with van der Waals surface area (Å²) in [6, 6.07) is 18.0. The maximum atomic E-state index is 12.9. The van der Waals surface area contributed by atoms with E-state index in [4.69, 9.17) is 16.3 Å². The summed E-state index contributed by atoms with van der Waals surface area (Å²) in [5.74, 6) is -0.905. The Labute approximate surface area is 197 Å². The average molecular weight is 519 g/mol. The molecular weight excluding hydrogens is 501 g/mol. The number of ether oxygens (including phenoxy) is 1. The number of carbonyl (C=O) groups excluding carboxylic acids is 2. The van der Waals surface area contributed by atoms with Crippen molar-refractivity contribution in [1.82, 2.24) is 5.43 Å². The average Bonchev–Trinajstić information content (AvgIpc) is 2.76. The smallest absolute Gasteiger partial charge is 0.249 e. The molecule has 2 N–H and O–H groups in total. The van der Waals surface area contributed by atoms with Crippen molar-refractivity contribution in [1.29, 1.82) is 0 Å². The van der Waals surface area contributed by atoms with E-state index in [9.17, 15) is 14.0 Å². The molecule has 0 spiro atoms. The molecule has 2 amide bonds. The molecule has 0 aliphatic rings. The van der Waals surface area contributed by atoms with Crippen molar-refractivity contribution in [3.63, 3.8) is 0 Å². The highest BCUT2D eigenvalue weighted by Gasteiger charge is 2.09. The second kappa shape index (κ2) is 11.4. The predicted molar refractivity (Wildman–Crippen MR) is 125 cm³/mol. The molecule has 0 saturated carbocycles. The highest BCUT2D eigenvalue weighted by atomic mass is 79.9. The van der Waals surface area contributed by atoms with Crippen LogP contribution in [0.5, 0.6) is 5.75 Å². The Balaban J connectivity index is 1.47. The van der Waals surface area contributed by atoms with Gasteiger partial charge in [0.05, 0.1) is 10.7 Å².